The molecule has 0 aromatic heterocycles. The lowest BCUT2D eigenvalue weighted by molar-refractivity contribution is -0.386. The molecule has 3 rings (SSSR count). The minimum atomic E-state index is -1.01. The maximum Gasteiger partial charge on any atom is 0.311 e. The first-order chi connectivity index (χ1) is 12.1. The number of nitrogens with one attached hydrogen (secondary N) is 1. The van der Waals surface area contributed by atoms with Crippen molar-refractivity contribution in [3.8, 4) is 5.75 Å². The molecule has 1 N–H and O–H groups in total. The van der Waals surface area contributed by atoms with Crippen molar-refractivity contribution in [2.75, 3.05) is 0 Å². The summed E-state index contributed by atoms with van der Waals surface area (Å²) in [6.07, 6.45) is 1.34. The maximum atomic E-state index is 12.5. The molecule has 1 amide bonds. The number of nitro benzene ring substituents is 1. The molecular weight excluding hydrogens is 324 g/mol. The van der Waals surface area contributed by atoms with Gasteiger partial charge in [0.15, 0.2) is 5.75 Å². The number of ether oxygens (including phenoxy) is 1. The highest BCUT2D eigenvalue weighted by Crippen LogP contribution is 2.32. The number of hydrogen-bond acceptors (Lipinski definition) is 5. The monoisotopic (exact) mass is 340 g/mol. The Morgan fingerprint density at radius 1 is 1.24 bits per heavy atom. The van der Waals surface area contributed by atoms with Crippen LogP contribution in [0.25, 0.3) is 0 Å². The minimum Gasteiger partial charge on any atom is -0.469 e. The van der Waals surface area contributed by atoms with Crippen LogP contribution in [0.4, 0.5) is 5.69 Å². The first-order valence-electron chi connectivity index (χ1n) is 7.84. The van der Waals surface area contributed by atoms with E-state index in [1.165, 1.54) is 12.1 Å². The average molecular weight is 340 g/mol. The van der Waals surface area contributed by atoms with E-state index >= 15 is 0 Å². The van der Waals surface area contributed by atoms with Gasteiger partial charge in [-0.05, 0) is 25.0 Å². The van der Waals surface area contributed by atoms with Gasteiger partial charge < -0.3 is 10.1 Å². The third kappa shape index (κ3) is 4.00. The average Bonchev–Trinajstić information content (AvgIpc) is 3.44. The van der Waals surface area contributed by atoms with Crippen molar-refractivity contribution < 1.29 is 19.2 Å². The van der Waals surface area contributed by atoms with E-state index in [2.05, 4.69) is 5.32 Å². The van der Waals surface area contributed by atoms with Gasteiger partial charge in [0.25, 0.3) is 5.91 Å². The molecule has 1 fully saturated rings. The summed E-state index contributed by atoms with van der Waals surface area (Å²) in [6, 6.07) is 12.8. The summed E-state index contributed by atoms with van der Waals surface area (Å²) >= 11 is 0. The number of aldehydes is 1. The molecule has 0 radical (unpaired) electrons. The van der Waals surface area contributed by atoms with E-state index in [0.717, 1.165) is 18.9 Å². The van der Waals surface area contributed by atoms with Crippen LogP contribution in [0.2, 0.25) is 0 Å². The summed E-state index contributed by atoms with van der Waals surface area (Å²) < 4.78 is 5.71. The number of carbonyl (C=O) groups excluding carboxylic acids is 2. The molecule has 128 valence electrons. The molecule has 7 nitrogen and oxygen atoms in total. The van der Waals surface area contributed by atoms with Crippen LogP contribution in [0.1, 0.15) is 34.9 Å². The van der Waals surface area contributed by atoms with Crippen molar-refractivity contribution >= 4 is 17.9 Å². The number of benzene rings is 2. The topological polar surface area (TPSA) is 98.5 Å². The van der Waals surface area contributed by atoms with Gasteiger partial charge in [-0.15, -0.1) is 0 Å². The van der Waals surface area contributed by atoms with Gasteiger partial charge in [-0.3, -0.25) is 19.7 Å². The van der Waals surface area contributed by atoms with Gasteiger partial charge >= 0.3 is 5.69 Å². The molecule has 2 aromatic rings. The third-order valence-corrected chi connectivity index (χ3v) is 3.82. The molecule has 1 aliphatic carbocycles. The highest BCUT2D eigenvalue weighted by Gasteiger charge is 2.31. The quantitative estimate of drug-likeness (QED) is 0.475. The number of hydrogen-bond donors (Lipinski definition) is 1. The van der Waals surface area contributed by atoms with Gasteiger partial charge in [0.1, 0.15) is 6.29 Å². The molecule has 1 atom stereocenters. The minimum absolute atomic E-state index is 0.0598. The van der Waals surface area contributed by atoms with Gasteiger partial charge in [-0.2, -0.15) is 0 Å². The van der Waals surface area contributed by atoms with Crippen molar-refractivity contribution in [1.29, 1.82) is 0 Å². The number of rotatable bonds is 7. The van der Waals surface area contributed by atoms with Gasteiger partial charge in [-0.1, -0.05) is 30.3 Å². The Morgan fingerprint density at radius 2 is 1.96 bits per heavy atom. The molecule has 0 unspecified atom stereocenters. The van der Waals surface area contributed by atoms with Gasteiger partial charge in [-0.25, -0.2) is 0 Å². The van der Waals surface area contributed by atoms with Crippen molar-refractivity contribution in [3.63, 3.8) is 0 Å². The zero-order chi connectivity index (χ0) is 17.8. The molecule has 7 heteroatoms. The Labute approximate surface area is 143 Å². The highest BCUT2D eigenvalue weighted by atomic mass is 16.6. The highest BCUT2D eigenvalue weighted by molar-refractivity contribution is 5.83. The first-order valence-corrected chi connectivity index (χ1v) is 7.84. The Bertz CT molecular complexity index is 802. The van der Waals surface area contributed by atoms with Crippen LogP contribution in [0.5, 0.6) is 5.75 Å². The Kier molecular flexibility index (Phi) is 4.74. The molecule has 0 aliphatic heterocycles. The smallest absolute Gasteiger partial charge is 0.311 e. The SMILES string of the molecule is O=Cc1ccc(O[C@@H](C(=O)NC2CC2)c2ccccc2)c([N+](=O)[O-])c1. The molecule has 0 spiro atoms. The normalized spacial score (nSPS) is 14.4. The molecule has 1 aliphatic rings. The fraction of sp³-hybridized carbons (Fsp3) is 0.222. The van der Waals surface area contributed by atoms with Gasteiger partial charge in [0.2, 0.25) is 6.10 Å². The lowest BCUT2D eigenvalue weighted by Gasteiger charge is -2.19. The van der Waals surface area contributed by atoms with Crippen LogP contribution in [-0.4, -0.2) is 23.2 Å². The summed E-state index contributed by atoms with van der Waals surface area (Å²) in [7, 11) is 0. The predicted molar refractivity (Wildman–Crippen MR) is 89.5 cm³/mol. The number of amides is 1. The van der Waals surface area contributed by atoms with Crippen molar-refractivity contribution in [1.82, 2.24) is 5.32 Å². The lowest BCUT2D eigenvalue weighted by atomic mass is 10.1. The van der Waals surface area contributed by atoms with Crippen molar-refractivity contribution in [2.45, 2.75) is 25.0 Å². The molecule has 25 heavy (non-hydrogen) atoms. The van der Waals surface area contributed by atoms with E-state index < -0.39 is 11.0 Å². The summed E-state index contributed by atoms with van der Waals surface area (Å²) in [5.74, 6) is -0.405. The third-order valence-electron chi connectivity index (χ3n) is 3.82. The summed E-state index contributed by atoms with van der Waals surface area (Å²) in [5, 5.41) is 14.1. The molecule has 0 bridgehead atoms. The fourth-order valence-corrected chi connectivity index (χ4v) is 2.38. The van der Waals surface area contributed by atoms with Crippen LogP contribution >= 0.6 is 0 Å². The van der Waals surface area contributed by atoms with Crippen LogP contribution in [0.3, 0.4) is 0 Å². The molecular formula is C18H16N2O5. The van der Waals surface area contributed by atoms with E-state index in [0.29, 0.717) is 11.8 Å². The Balaban J connectivity index is 1.93. The van der Waals surface area contributed by atoms with E-state index in [1.54, 1.807) is 30.3 Å². The largest absolute Gasteiger partial charge is 0.469 e. The van der Waals surface area contributed by atoms with E-state index in [1.807, 2.05) is 0 Å². The van der Waals surface area contributed by atoms with Gasteiger partial charge in [0.05, 0.1) is 4.92 Å². The first kappa shape index (κ1) is 16.6. The maximum absolute atomic E-state index is 12.5. The fourth-order valence-electron chi connectivity index (χ4n) is 2.38. The van der Waals surface area contributed by atoms with E-state index in [4.69, 9.17) is 4.74 Å². The Hall–Kier alpha value is -3.22. The number of nitro groups is 1. The lowest BCUT2D eigenvalue weighted by Crippen LogP contribution is -2.34. The van der Waals surface area contributed by atoms with Crippen LogP contribution < -0.4 is 10.1 Å². The predicted octanol–water partition coefficient (Wildman–Crippen LogP) is 2.81. The Morgan fingerprint density at radius 3 is 2.56 bits per heavy atom. The zero-order valence-corrected chi connectivity index (χ0v) is 13.3. The zero-order valence-electron chi connectivity index (χ0n) is 13.3. The van der Waals surface area contributed by atoms with E-state index in [-0.39, 0.29) is 28.9 Å². The van der Waals surface area contributed by atoms with Gasteiger partial charge in [0, 0.05) is 23.2 Å². The van der Waals surface area contributed by atoms with Crippen LogP contribution in [0.15, 0.2) is 48.5 Å². The molecule has 0 heterocycles. The molecule has 1 saturated carbocycles. The number of carbonyl (C=O) groups is 2. The molecule has 2 aromatic carbocycles. The second-order valence-corrected chi connectivity index (χ2v) is 5.79. The summed E-state index contributed by atoms with van der Waals surface area (Å²) in [6.45, 7) is 0. The van der Waals surface area contributed by atoms with Crippen molar-refractivity contribution in [2.24, 2.45) is 0 Å². The summed E-state index contributed by atoms with van der Waals surface area (Å²) in [4.78, 5) is 34.0. The standard InChI is InChI=1S/C18H16N2O5/c21-11-12-6-9-16(15(10-12)20(23)24)25-17(13-4-2-1-3-5-13)18(22)19-14-7-8-14/h1-6,9-11,14,17H,7-8H2,(H,19,22)/t17-/m1/s1. The molecule has 0 saturated heterocycles. The van der Waals surface area contributed by atoms with Crippen molar-refractivity contribution in [3.05, 3.63) is 69.8 Å². The van der Waals surface area contributed by atoms with E-state index in [9.17, 15) is 19.7 Å². The summed E-state index contributed by atoms with van der Waals surface area (Å²) in [5.41, 5.74) is 0.400. The number of nitrogens with zero attached hydrogens (tertiary/aromatic N) is 1. The van der Waals surface area contributed by atoms with Crippen LogP contribution in [0, 0.1) is 10.1 Å². The van der Waals surface area contributed by atoms with Crippen LogP contribution in [-0.2, 0) is 4.79 Å². The second kappa shape index (κ2) is 7.12. The second-order valence-electron chi connectivity index (χ2n) is 5.79.